The molecule has 2 aromatic rings. The van der Waals surface area contributed by atoms with Gasteiger partial charge in [-0.3, -0.25) is 9.59 Å². The second-order valence-electron chi connectivity index (χ2n) is 6.27. The van der Waals surface area contributed by atoms with Crippen molar-refractivity contribution in [3.63, 3.8) is 0 Å². The topological polar surface area (TPSA) is 76.7 Å². The fourth-order valence-corrected chi connectivity index (χ4v) is 2.75. The van der Waals surface area contributed by atoms with Crippen LogP contribution in [0.1, 0.15) is 40.9 Å². The van der Waals surface area contributed by atoms with Crippen molar-refractivity contribution in [2.75, 3.05) is 20.8 Å². The number of amides is 2. The molecule has 0 aliphatic heterocycles. The molecule has 2 rings (SSSR count). The predicted octanol–water partition coefficient (Wildman–Crippen LogP) is 3.01. The van der Waals surface area contributed by atoms with Crippen LogP contribution in [-0.4, -0.2) is 32.6 Å². The molecule has 0 aliphatic carbocycles. The van der Waals surface area contributed by atoms with Crippen LogP contribution in [0.4, 0.5) is 0 Å². The van der Waals surface area contributed by atoms with Crippen LogP contribution >= 0.6 is 0 Å². The quantitative estimate of drug-likeness (QED) is 0.749. The van der Waals surface area contributed by atoms with Crippen molar-refractivity contribution in [3.05, 3.63) is 59.2 Å². The maximum absolute atomic E-state index is 12.2. The molecule has 0 saturated heterocycles. The average Bonchev–Trinajstić information content (AvgIpc) is 2.67. The number of nitrogens with one attached hydrogen (secondary N) is 2. The van der Waals surface area contributed by atoms with Crippen LogP contribution in [0, 0.1) is 6.92 Å². The van der Waals surface area contributed by atoms with Gasteiger partial charge in [0.1, 0.15) is 11.5 Å². The van der Waals surface area contributed by atoms with E-state index < -0.39 is 0 Å². The summed E-state index contributed by atoms with van der Waals surface area (Å²) >= 11 is 0. The Morgan fingerprint density at radius 2 is 1.85 bits per heavy atom. The van der Waals surface area contributed by atoms with Crippen molar-refractivity contribution >= 4 is 11.8 Å². The minimum atomic E-state index is -0.255. The lowest BCUT2D eigenvalue weighted by Gasteiger charge is -2.18. The normalized spacial score (nSPS) is 11.4. The van der Waals surface area contributed by atoms with E-state index in [0.717, 1.165) is 11.1 Å². The maximum Gasteiger partial charge on any atom is 0.251 e. The van der Waals surface area contributed by atoms with Gasteiger partial charge in [0.05, 0.1) is 20.3 Å². The Morgan fingerprint density at radius 1 is 1.07 bits per heavy atom. The van der Waals surface area contributed by atoms with Crippen molar-refractivity contribution in [1.82, 2.24) is 10.6 Å². The lowest BCUT2D eigenvalue weighted by Crippen LogP contribution is -2.32. The number of aryl methyl sites for hydroxylation is 1. The van der Waals surface area contributed by atoms with Crippen molar-refractivity contribution in [1.29, 1.82) is 0 Å². The lowest BCUT2D eigenvalue weighted by molar-refractivity contribution is -0.121. The summed E-state index contributed by atoms with van der Waals surface area (Å²) in [5.41, 5.74) is 2.43. The Kier molecular flexibility index (Phi) is 7.23. The number of benzene rings is 2. The van der Waals surface area contributed by atoms with Gasteiger partial charge in [-0.05, 0) is 44.2 Å². The van der Waals surface area contributed by atoms with Crippen LogP contribution in [0.15, 0.2) is 42.5 Å². The zero-order chi connectivity index (χ0) is 19.8. The van der Waals surface area contributed by atoms with E-state index in [-0.39, 0.29) is 30.8 Å². The van der Waals surface area contributed by atoms with E-state index in [9.17, 15) is 9.59 Å². The molecule has 0 spiro atoms. The SMILES string of the molecule is COc1ccc(OC)c(C(C)NC(=O)CCNC(=O)c2cccc(C)c2)c1. The molecule has 1 atom stereocenters. The predicted molar refractivity (Wildman–Crippen MR) is 104 cm³/mol. The van der Waals surface area contributed by atoms with Gasteiger partial charge in [0, 0.05) is 24.1 Å². The minimum absolute atomic E-state index is 0.156. The molecule has 2 N–H and O–H groups in total. The van der Waals surface area contributed by atoms with Crippen LogP contribution < -0.4 is 20.1 Å². The van der Waals surface area contributed by atoms with E-state index in [1.165, 1.54) is 0 Å². The molecule has 0 fully saturated rings. The number of hydrogen-bond donors (Lipinski definition) is 2. The first-order chi connectivity index (χ1) is 12.9. The Hall–Kier alpha value is -3.02. The summed E-state index contributed by atoms with van der Waals surface area (Å²) in [6, 6.07) is 12.5. The highest BCUT2D eigenvalue weighted by Crippen LogP contribution is 2.29. The first kappa shape index (κ1) is 20.3. The van der Waals surface area contributed by atoms with Crippen LogP contribution in [0.2, 0.25) is 0 Å². The van der Waals surface area contributed by atoms with Crippen molar-refractivity contribution < 1.29 is 19.1 Å². The number of carbonyl (C=O) groups is 2. The monoisotopic (exact) mass is 370 g/mol. The molecule has 2 amide bonds. The first-order valence-electron chi connectivity index (χ1n) is 8.80. The molecule has 6 nitrogen and oxygen atoms in total. The highest BCUT2D eigenvalue weighted by molar-refractivity contribution is 5.94. The molecule has 0 radical (unpaired) electrons. The molecule has 0 heterocycles. The van der Waals surface area contributed by atoms with Crippen molar-refractivity contribution in [2.45, 2.75) is 26.3 Å². The van der Waals surface area contributed by atoms with Crippen molar-refractivity contribution in [3.8, 4) is 11.5 Å². The second kappa shape index (κ2) is 9.62. The van der Waals surface area contributed by atoms with E-state index >= 15 is 0 Å². The Labute approximate surface area is 159 Å². The van der Waals surface area contributed by atoms with Crippen LogP contribution in [-0.2, 0) is 4.79 Å². The molecular weight excluding hydrogens is 344 g/mol. The third kappa shape index (κ3) is 5.74. The smallest absolute Gasteiger partial charge is 0.251 e. The molecule has 0 bridgehead atoms. The second-order valence-corrected chi connectivity index (χ2v) is 6.27. The van der Waals surface area contributed by atoms with Crippen LogP contribution in [0.5, 0.6) is 11.5 Å². The largest absolute Gasteiger partial charge is 0.497 e. The zero-order valence-corrected chi connectivity index (χ0v) is 16.2. The Bertz CT molecular complexity index is 805. The molecule has 1 unspecified atom stereocenters. The van der Waals surface area contributed by atoms with Crippen LogP contribution in [0.3, 0.4) is 0 Å². The summed E-state index contributed by atoms with van der Waals surface area (Å²) in [4.78, 5) is 24.3. The zero-order valence-electron chi connectivity index (χ0n) is 16.2. The third-order valence-corrected chi connectivity index (χ3v) is 4.20. The van der Waals surface area contributed by atoms with E-state index in [1.807, 2.05) is 38.1 Å². The summed E-state index contributed by atoms with van der Waals surface area (Å²) < 4.78 is 10.6. The average molecular weight is 370 g/mol. The van der Waals surface area contributed by atoms with Gasteiger partial charge in [-0.2, -0.15) is 0 Å². The molecule has 0 saturated carbocycles. The van der Waals surface area contributed by atoms with Gasteiger partial charge < -0.3 is 20.1 Å². The van der Waals surface area contributed by atoms with Crippen LogP contribution in [0.25, 0.3) is 0 Å². The number of hydrogen-bond acceptors (Lipinski definition) is 4. The lowest BCUT2D eigenvalue weighted by atomic mass is 10.1. The number of ether oxygens (including phenoxy) is 2. The fourth-order valence-electron chi connectivity index (χ4n) is 2.75. The van der Waals surface area contributed by atoms with E-state index in [4.69, 9.17) is 9.47 Å². The summed E-state index contributed by atoms with van der Waals surface area (Å²) in [5.74, 6) is 1.03. The molecule has 2 aromatic carbocycles. The summed E-state index contributed by atoms with van der Waals surface area (Å²) in [6.45, 7) is 4.07. The maximum atomic E-state index is 12.2. The van der Waals surface area contributed by atoms with Crippen molar-refractivity contribution in [2.24, 2.45) is 0 Å². The Morgan fingerprint density at radius 3 is 2.52 bits per heavy atom. The third-order valence-electron chi connectivity index (χ3n) is 4.20. The van der Waals surface area contributed by atoms with Gasteiger partial charge in [-0.25, -0.2) is 0 Å². The van der Waals surface area contributed by atoms with Gasteiger partial charge >= 0.3 is 0 Å². The first-order valence-corrected chi connectivity index (χ1v) is 8.80. The summed E-state index contributed by atoms with van der Waals surface area (Å²) in [5, 5.41) is 5.69. The summed E-state index contributed by atoms with van der Waals surface area (Å²) in [7, 11) is 3.17. The number of carbonyl (C=O) groups excluding carboxylic acids is 2. The Balaban J connectivity index is 1.87. The van der Waals surface area contributed by atoms with Gasteiger partial charge in [-0.1, -0.05) is 17.7 Å². The van der Waals surface area contributed by atoms with Gasteiger partial charge in [0.2, 0.25) is 5.91 Å². The molecule has 6 heteroatoms. The number of methoxy groups -OCH3 is 2. The highest BCUT2D eigenvalue weighted by atomic mass is 16.5. The minimum Gasteiger partial charge on any atom is -0.497 e. The van der Waals surface area contributed by atoms with E-state index in [2.05, 4.69) is 10.6 Å². The molecule has 27 heavy (non-hydrogen) atoms. The van der Waals surface area contributed by atoms with E-state index in [0.29, 0.717) is 17.1 Å². The highest BCUT2D eigenvalue weighted by Gasteiger charge is 2.15. The summed E-state index contributed by atoms with van der Waals surface area (Å²) in [6.07, 6.45) is 0.189. The standard InChI is InChI=1S/C21H26N2O4/c1-14-6-5-7-16(12-14)21(25)22-11-10-20(24)23-15(2)18-13-17(26-3)8-9-19(18)27-4/h5-9,12-13,15H,10-11H2,1-4H3,(H,22,25)(H,23,24). The van der Waals surface area contributed by atoms with Gasteiger partial charge in [0.25, 0.3) is 5.91 Å². The molecular formula is C21H26N2O4. The molecule has 144 valence electrons. The number of rotatable bonds is 8. The molecule has 0 aliphatic rings. The molecule has 0 aromatic heterocycles. The van der Waals surface area contributed by atoms with Gasteiger partial charge in [-0.15, -0.1) is 0 Å². The van der Waals surface area contributed by atoms with Gasteiger partial charge in [0.15, 0.2) is 0 Å². The fraction of sp³-hybridized carbons (Fsp3) is 0.333. The van der Waals surface area contributed by atoms with E-state index in [1.54, 1.807) is 32.4 Å².